The monoisotopic (exact) mass is 310 g/mol. The van der Waals surface area contributed by atoms with Crippen molar-refractivity contribution >= 4 is 22.1 Å². The molecule has 2 heteroatoms. The van der Waals surface area contributed by atoms with Crippen LogP contribution in [0.4, 0.5) is 11.4 Å². The summed E-state index contributed by atoms with van der Waals surface area (Å²) in [6.45, 7) is 0. The molecular formula is C22H18N2. The number of nitrogen functional groups attached to an aromatic ring is 2. The van der Waals surface area contributed by atoms with Crippen molar-refractivity contribution in [1.29, 1.82) is 0 Å². The molecule has 0 atom stereocenters. The second kappa shape index (κ2) is 5.74. The van der Waals surface area contributed by atoms with E-state index in [1.54, 1.807) is 0 Å². The van der Waals surface area contributed by atoms with Crippen molar-refractivity contribution in [1.82, 2.24) is 0 Å². The van der Waals surface area contributed by atoms with Crippen molar-refractivity contribution in [3.63, 3.8) is 0 Å². The van der Waals surface area contributed by atoms with E-state index in [-0.39, 0.29) is 0 Å². The van der Waals surface area contributed by atoms with Gasteiger partial charge in [0.25, 0.3) is 0 Å². The molecule has 2 nitrogen and oxygen atoms in total. The fraction of sp³-hybridized carbons (Fsp3) is 0. The van der Waals surface area contributed by atoms with Gasteiger partial charge in [0.15, 0.2) is 0 Å². The lowest BCUT2D eigenvalue weighted by molar-refractivity contribution is 1.62. The minimum atomic E-state index is 0.775. The number of hydrogen-bond acceptors (Lipinski definition) is 2. The topological polar surface area (TPSA) is 52.0 Å². The largest absolute Gasteiger partial charge is 0.398 e. The van der Waals surface area contributed by atoms with Crippen LogP contribution in [0, 0.1) is 0 Å². The van der Waals surface area contributed by atoms with Gasteiger partial charge in [-0.3, -0.25) is 0 Å². The third kappa shape index (κ3) is 2.29. The first kappa shape index (κ1) is 14.3. The zero-order valence-electron chi connectivity index (χ0n) is 13.2. The molecule has 24 heavy (non-hydrogen) atoms. The van der Waals surface area contributed by atoms with E-state index >= 15 is 0 Å². The molecule has 0 aliphatic rings. The fourth-order valence-electron chi connectivity index (χ4n) is 3.29. The van der Waals surface area contributed by atoms with Crippen molar-refractivity contribution in [3.8, 4) is 22.3 Å². The van der Waals surface area contributed by atoms with Crippen LogP contribution in [0.25, 0.3) is 33.0 Å². The Morgan fingerprint density at radius 3 is 1.17 bits per heavy atom. The lowest BCUT2D eigenvalue weighted by Gasteiger charge is -2.15. The lowest BCUT2D eigenvalue weighted by Crippen LogP contribution is -1.96. The Hall–Kier alpha value is -3.26. The van der Waals surface area contributed by atoms with Crippen molar-refractivity contribution in [2.75, 3.05) is 11.5 Å². The van der Waals surface area contributed by atoms with Crippen LogP contribution in [0.1, 0.15) is 0 Å². The molecule has 0 amide bonds. The highest BCUT2D eigenvalue weighted by Gasteiger charge is 2.13. The Labute approximate surface area is 141 Å². The van der Waals surface area contributed by atoms with E-state index in [1.165, 1.54) is 0 Å². The molecule has 0 unspecified atom stereocenters. The van der Waals surface area contributed by atoms with Gasteiger partial charge in [0.1, 0.15) is 0 Å². The van der Waals surface area contributed by atoms with Crippen LogP contribution >= 0.6 is 0 Å². The summed E-state index contributed by atoms with van der Waals surface area (Å²) in [5.41, 5.74) is 18.5. The van der Waals surface area contributed by atoms with Gasteiger partial charge in [0.2, 0.25) is 0 Å². The van der Waals surface area contributed by atoms with E-state index in [4.69, 9.17) is 11.5 Å². The first-order chi connectivity index (χ1) is 11.8. The predicted octanol–water partition coefficient (Wildman–Crippen LogP) is 5.34. The van der Waals surface area contributed by atoms with E-state index in [1.807, 2.05) is 48.5 Å². The summed E-state index contributed by atoms with van der Waals surface area (Å²) in [6.07, 6.45) is 0. The third-order valence-electron chi connectivity index (χ3n) is 4.39. The number of anilines is 2. The highest BCUT2D eigenvalue weighted by Crippen LogP contribution is 2.40. The van der Waals surface area contributed by atoms with Gasteiger partial charge in [-0.05, 0) is 34.0 Å². The second-order valence-corrected chi connectivity index (χ2v) is 5.89. The second-order valence-electron chi connectivity index (χ2n) is 5.89. The summed E-state index contributed by atoms with van der Waals surface area (Å²) in [4.78, 5) is 0. The maximum Gasteiger partial charge on any atom is 0.0400 e. The Balaban J connectivity index is 2.09. The maximum atomic E-state index is 6.31. The first-order valence-corrected chi connectivity index (χ1v) is 7.97. The van der Waals surface area contributed by atoms with Crippen LogP contribution in [0.15, 0.2) is 84.9 Å². The average molecular weight is 310 g/mol. The van der Waals surface area contributed by atoms with Crippen molar-refractivity contribution in [2.24, 2.45) is 0 Å². The number of benzene rings is 4. The molecule has 0 heterocycles. The molecule has 0 fully saturated rings. The molecule has 0 aliphatic heterocycles. The van der Waals surface area contributed by atoms with Gasteiger partial charge in [-0.2, -0.15) is 0 Å². The summed E-state index contributed by atoms with van der Waals surface area (Å²) in [5, 5.41) is 2.24. The van der Waals surface area contributed by atoms with Gasteiger partial charge in [0.05, 0.1) is 0 Å². The van der Waals surface area contributed by atoms with Crippen molar-refractivity contribution in [3.05, 3.63) is 84.9 Å². The molecular weight excluding hydrogens is 292 g/mol. The minimum absolute atomic E-state index is 0.775. The molecule has 0 spiro atoms. The molecule has 0 bridgehead atoms. The van der Waals surface area contributed by atoms with Gasteiger partial charge in [0, 0.05) is 22.5 Å². The van der Waals surface area contributed by atoms with Gasteiger partial charge in [-0.25, -0.2) is 0 Å². The maximum absolute atomic E-state index is 6.31. The van der Waals surface area contributed by atoms with E-state index in [0.29, 0.717) is 0 Å². The zero-order chi connectivity index (χ0) is 16.5. The van der Waals surface area contributed by atoms with Gasteiger partial charge in [-0.15, -0.1) is 0 Å². The summed E-state index contributed by atoms with van der Waals surface area (Å²) in [7, 11) is 0. The molecule has 4 aromatic carbocycles. The van der Waals surface area contributed by atoms with E-state index in [9.17, 15) is 0 Å². The number of nitrogens with two attached hydrogens (primary N) is 2. The molecule has 0 aromatic heterocycles. The zero-order valence-corrected chi connectivity index (χ0v) is 13.2. The van der Waals surface area contributed by atoms with Crippen LogP contribution in [0.3, 0.4) is 0 Å². The first-order valence-electron chi connectivity index (χ1n) is 7.97. The number of fused-ring (bicyclic) bond motifs is 1. The molecule has 4 rings (SSSR count). The van der Waals surface area contributed by atoms with Gasteiger partial charge < -0.3 is 11.5 Å². The highest BCUT2D eigenvalue weighted by atomic mass is 14.6. The molecule has 0 saturated carbocycles. The van der Waals surface area contributed by atoms with Gasteiger partial charge >= 0.3 is 0 Å². The summed E-state index contributed by atoms with van der Waals surface area (Å²) in [6, 6.07) is 28.6. The van der Waals surface area contributed by atoms with Crippen LogP contribution in [0.2, 0.25) is 0 Å². The Bertz CT molecular complexity index is 921. The van der Waals surface area contributed by atoms with Crippen LogP contribution in [0.5, 0.6) is 0 Å². The fourth-order valence-corrected chi connectivity index (χ4v) is 3.29. The normalized spacial score (nSPS) is 10.8. The Kier molecular flexibility index (Phi) is 3.43. The number of hydrogen-bond donors (Lipinski definition) is 2. The predicted molar refractivity (Wildman–Crippen MR) is 104 cm³/mol. The molecule has 4 N–H and O–H groups in total. The smallest absolute Gasteiger partial charge is 0.0400 e. The standard InChI is InChI=1S/C22H18N2/c23-19-13-12-18-17(21(19)15-7-3-1-4-8-15)11-14-20(24)22(18)16-9-5-2-6-10-16/h1-14H,23-24H2. The SMILES string of the molecule is Nc1ccc2c(-c3ccccc3)c(N)ccc2c1-c1ccccc1. The molecule has 0 aliphatic carbocycles. The molecule has 0 saturated heterocycles. The van der Waals surface area contributed by atoms with E-state index < -0.39 is 0 Å². The van der Waals surface area contributed by atoms with E-state index in [2.05, 4.69) is 36.4 Å². The lowest BCUT2D eigenvalue weighted by atomic mass is 9.91. The summed E-state index contributed by atoms with van der Waals surface area (Å²) in [5.74, 6) is 0. The summed E-state index contributed by atoms with van der Waals surface area (Å²) < 4.78 is 0. The third-order valence-corrected chi connectivity index (χ3v) is 4.39. The van der Waals surface area contributed by atoms with Crippen molar-refractivity contribution in [2.45, 2.75) is 0 Å². The summed E-state index contributed by atoms with van der Waals surface area (Å²) >= 11 is 0. The highest BCUT2D eigenvalue weighted by molar-refractivity contribution is 6.10. The van der Waals surface area contributed by atoms with Crippen LogP contribution in [-0.2, 0) is 0 Å². The average Bonchev–Trinajstić information content (AvgIpc) is 2.63. The molecule has 0 radical (unpaired) electrons. The molecule has 116 valence electrons. The van der Waals surface area contributed by atoms with Crippen LogP contribution in [-0.4, -0.2) is 0 Å². The molecule has 4 aromatic rings. The Morgan fingerprint density at radius 1 is 0.417 bits per heavy atom. The Morgan fingerprint density at radius 2 is 0.792 bits per heavy atom. The minimum Gasteiger partial charge on any atom is -0.398 e. The quantitative estimate of drug-likeness (QED) is 0.491. The van der Waals surface area contributed by atoms with E-state index in [0.717, 1.165) is 44.4 Å². The van der Waals surface area contributed by atoms with Crippen molar-refractivity contribution < 1.29 is 0 Å². The number of rotatable bonds is 2. The van der Waals surface area contributed by atoms with Gasteiger partial charge in [-0.1, -0.05) is 72.8 Å². The van der Waals surface area contributed by atoms with Crippen LogP contribution < -0.4 is 11.5 Å².